The van der Waals surface area contributed by atoms with Gasteiger partial charge in [-0.05, 0) is 30.7 Å². The van der Waals surface area contributed by atoms with Gasteiger partial charge in [-0.1, -0.05) is 6.07 Å². The highest BCUT2D eigenvalue weighted by atomic mass is 16.2. The van der Waals surface area contributed by atoms with Crippen LogP contribution in [0.2, 0.25) is 0 Å². The summed E-state index contributed by atoms with van der Waals surface area (Å²) in [5.41, 5.74) is 0.838. The summed E-state index contributed by atoms with van der Waals surface area (Å²) in [5, 5.41) is 0. The molecule has 2 rings (SSSR count). The topological polar surface area (TPSA) is 54.9 Å². The molecule has 0 aliphatic carbocycles. The van der Waals surface area contributed by atoms with Crippen LogP contribution in [-0.2, 0) is 0 Å². The summed E-state index contributed by atoms with van der Waals surface area (Å²) in [6.45, 7) is 1.92. The van der Waals surface area contributed by atoms with Gasteiger partial charge in [0.15, 0.2) is 0 Å². The Hall–Kier alpha value is -2.10. The van der Waals surface area contributed by atoms with Crippen molar-refractivity contribution in [3.63, 3.8) is 0 Å². The zero-order chi connectivity index (χ0) is 10.8. The maximum atomic E-state index is 11.4. The van der Waals surface area contributed by atoms with Crippen LogP contribution >= 0.6 is 0 Å². The third-order valence-corrected chi connectivity index (χ3v) is 2.05. The fourth-order valence-electron chi connectivity index (χ4n) is 1.26. The van der Waals surface area contributed by atoms with Gasteiger partial charge in [0.25, 0.3) is 5.56 Å². The molecule has 0 bridgehead atoms. The molecule has 1 radical (unpaired) electrons. The Morgan fingerprint density at radius 2 is 2.07 bits per heavy atom. The number of hydrogen-bond donors (Lipinski definition) is 1. The predicted molar refractivity (Wildman–Crippen MR) is 56.2 cm³/mol. The highest BCUT2D eigenvalue weighted by Gasteiger charge is 1.98. The minimum absolute atomic E-state index is 0.396. The fraction of sp³-hybridized carbons (Fsp3) is 0.0909. The van der Waals surface area contributed by atoms with Crippen molar-refractivity contribution < 1.29 is 0 Å². The lowest BCUT2D eigenvalue weighted by Crippen LogP contribution is -2.27. The Balaban J connectivity index is 2.59. The van der Waals surface area contributed by atoms with Crippen LogP contribution in [-0.4, -0.2) is 9.55 Å². The number of rotatable bonds is 1. The Morgan fingerprint density at radius 3 is 2.67 bits per heavy atom. The summed E-state index contributed by atoms with van der Waals surface area (Å²) in [5.74, 6) is 0. The summed E-state index contributed by atoms with van der Waals surface area (Å²) < 4.78 is 1.36. The second-order valence-electron chi connectivity index (χ2n) is 3.21. The van der Waals surface area contributed by atoms with Gasteiger partial charge in [0.1, 0.15) is 0 Å². The van der Waals surface area contributed by atoms with Gasteiger partial charge in [-0.15, -0.1) is 0 Å². The maximum absolute atomic E-state index is 11.4. The number of nitrogens with one attached hydrogen (secondary N) is 1. The van der Waals surface area contributed by atoms with Gasteiger partial charge in [0, 0.05) is 12.3 Å². The van der Waals surface area contributed by atoms with Crippen LogP contribution in [0, 0.1) is 13.0 Å². The number of aromatic amines is 1. The molecule has 1 N–H and O–H groups in total. The average Bonchev–Trinajstić information content (AvgIpc) is 2.20. The van der Waals surface area contributed by atoms with E-state index in [4.69, 9.17) is 0 Å². The van der Waals surface area contributed by atoms with Gasteiger partial charge in [0.05, 0.1) is 5.69 Å². The molecule has 4 nitrogen and oxygen atoms in total. The van der Waals surface area contributed by atoms with Crippen LogP contribution in [0.25, 0.3) is 5.69 Å². The fourth-order valence-corrected chi connectivity index (χ4v) is 1.26. The normalized spacial score (nSPS) is 10.2. The van der Waals surface area contributed by atoms with E-state index in [2.05, 4.69) is 11.1 Å². The lowest BCUT2D eigenvalue weighted by atomic mass is 10.2. The molecule has 0 unspecified atom stereocenters. The van der Waals surface area contributed by atoms with E-state index in [0.29, 0.717) is 5.69 Å². The molecule has 1 aromatic carbocycles. The van der Waals surface area contributed by atoms with E-state index >= 15 is 0 Å². The van der Waals surface area contributed by atoms with Gasteiger partial charge in [0.2, 0.25) is 0 Å². The monoisotopic (exact) mass is 201 g/mol. The molecular formula is C11H9N2O2. The van der Waals surface area contributed by atoms with Crippen LogP contribution in [0.5, 0.6) is 0 Å². The van der Waals surface area contributed by atoms with Crippen LogP contribution < -0.4 is 11.2 Å². The van der Waals surface area contributed by atoms with Crippen molar-refractivity contribution in [2.75, 3.05) is 0 Å². The number of aromatic nitrogens is 2. The van der Waals surface area contributed by atoms with Gasteiger partial charge in [-0.2, -0.15) is 0 Å². The molecular weight excluding hydrogens is 192 g/mol. The van der Waals surface area contributed by atoms with E-state index in [9.17, 15) is 9.59 Å². The largest absolute Gasteiger partial charge is 0.332 e. The molecule has 0 aliphatic rings. The molecule has 0 amide bonds. The van der Waals surface area contributed by atoms with Gasteiger partial charge < -0.3 is 0 Å². The van der Waals surface area contributed by atoms with Crippen molar-refractivity contribution >= 4 is 0 Å². The lowest BCUT2D eigenvalue weighted by molar-refractivity contribution is 0.895. The lowest BCUT2D eigenvalue weighted by Gasteiger charge is -2.03. The maximum Gasteiger partial charge on any atom is 0.332 e. The molecule has 1 heterocycles. The molecule has 0 saturated carbocycles. The summed E-state index contributed by atoms with van der Waals surface area (Å²) in [6, 6.07) is 9.65. The molecule has 0 saturated heterocycles. The highest BCUT2D eigenvalue weighted by molar-refractivity contribution is 5.33. The molecule has 0 fully saturated rings. The first-order valence-electron chi connectivity index (χ1n) is 4.47. The van der Waals surface area contributed by atoms with E-state index in [-0.39, 0.29) is 0 Å². The average molecular weight is 201 g/mol. The summed E-state index contributed by atoms with van der Waals surface area (Å²) in [4.78, 5) is 24.5. The first-order valence-corrected chi connectivity index (χ1v) is 4.47. The molecule has 75 valence electrons. The van der Waals surface area contributed by atoms with Gasteiger partial charge in [-0.25, -0.2) is 4.79 Å². The van der Waals surface area contributed by atoms with Crippen LogP contribution in [0.1, 0.15) is 5.56 Å². The predicted octanol–water partition coefficient (Wildman–Crippen LogP) is 0.634. The quantitative estimate of drug-likeness (QED) is 0.735. The molecule has 2 aromatic rings. The first-order chi connectivity index (χ1) is 7.16. The summed E-state index contributed by atoms with van der Waals surface area (Å²) in [6.07, 6.45) is 1.44. The van der Waals surface area contributed by atoms with E-state index in [1.807, 2.05) is 13.0 Å². The Morgan fingerprint density at radius 1 is 1.27 bits per heavy atom. The van der Waals surface area contributed by atoms with Crippen molar-refractivity contribution in [1.29, 1.82) is 0 Å². The summed E-state index contributed by atoms with van der Waals surface area (Å²) in [7, 11) is 0. The minimum Gasteiger partial charge on any atom is -0.274 e. The standard InChI is InChI=1S/C11H9N2O2/c1-8-2-4-9(5-3-8)13-7-6-10(14)12-11(13)15/h2,4-7H,1H3,(H,12,14,15). The second-order valence-corrected chi connectivity index (χ2v) is 3.21. The van der Waals surface area contributed by atoms with Crippen LogP contribution in [0.3, 0.4) is 0 Å². The number of H-pyrrole nitrogens is 1. The third kappa shape index (κ3) is 1.88. The minimum atomic E-state index is -0.445. The Labute approximate surface area is 85.8 Å². The molecule has 15 heavy (non-hydrogen) atoms. The molecule has 0 atom stereocenters. The van der Waals surface area contributed by atoms with E-state index < -0.39 is 11.2 Å². The van der Waals surface area contributed by atoms with Crippen LogP contribution in [0.4, 0.5) is 0 Å². The zero-order valence-corrected chi connectivity index (χ0v) is 8.15. The molecule has 4 heteroatoms. The van der Waals surface area contributed by atoms with E-state index in [1.165, 1.54) is 16.8 Å². The second kappa shape index (κ2) is 3.57. The SMILES string of the molecule is Cc1[c]cc(-n2ccc(=O)[nH]c2=O)cc1. The smallest absolute Gasteiger partial charge is 0.274 e. The van der Waals surface area contributed by atoms with Crippen molar-refractivity contribution in [1.82, 2.24) is 9.55 Å². The zero-order valence-electron chi connectivity index (χ0n) is 8.15. The number of nitrogens with zero attached hydrogens (tertiary/aromatic N) is 1. The van der Waals surface area contributed by atoms with Crippen molar-refractivity contribution in [2.45, 2.75) is 6.92 Å². The number of aryl methyl sites for hydroxylation is 1. The van der Waals surface area contributed by atoms with E-state index in [1.54, 1.807) is 12.1 Å². The first kappa shape index (κ1) is 9.45. The van der Waals surface area contributed by atoms with Crippen molar-refractivity contribution in [3.05, 3.63) is 62.9 Å². The Bertz CT molecular complexity index is 579. The molecule has 0 aliphatic heterocycles. The van der Waals surface area contributed by atoms with Crippen molar-refractivity contribution in [3.8, 4) is 5.69 Å². The molecule has 1 aromatic heterocycles. The molecule has 0 spiro atoms. The number of hydrogen-bond acceptors (Lipinski definition) is 2. The number of benzene rings is 1. The van der Waals surface area contributed by atoms with Crippen molar-refractivity contribution in [2.24, 2.45) is 0 Å². The Kier molecular flexibility index (Phi) is 2.25. The summed E-state index contributed by atoms with van der Waals surface area (Å²) >= 11 is 0. The van der Waals surface area contributed by atoms with Gasteiger partial charge in [-0.3, -0.25) is 14.3 Å². The van der Waals surface area contributed by atoms with Gasteiger partial charge >= 0.3 is 5.69 Å². The third-order valence-electron chi connectivity index (χ3n) is 2.05. The van der Waals surface area contributed by atoms with E-state index in [0.717, 1.165) is 5.56 Å². The van der Waals surface area contributed by atoms with Crippen LogP contribution in [0.15, 0.2) is 40.1 Å². The highest BCUT2D eigenvalue weighted by Crippen LogP contribution is 2.04.